The fourth-order valence-electron chi connectivity index (χ4n) is 4.34. The first-order valence-corrected chi connectivity index (χ1v) is 10.5. The van der Waals surface area contributed by atoms with Gasteiger partial charge in [0.05, 0.1) is 0 Å². The fourth-order valence-corrected chi connectivity index (χ4v) is 4.34. The van der Waals surface area contributed by atoms with Gasteiger partial charge in [-0.2, -0.15) is 0 Å². The number of nitrogens with zero attached hydrogens (tertiary/aromatic N) is 2. The number of amides is 1. The first-order valence-electron chi connectivity index (χ1n) is 10.5. The normalized spacial score (nSPS) is 21.5. The van der Waals surface area contributed by atoms with Crippen LogP contribution in [0.3, 0.4) is 0 Å². The Morgan fingerprint density at radius 1 is 1.04 bits per heavy atom. The summed E-state index contributed by atoms with van der Waals surface area (Å²) >= 11 is 0. The molecule has 0 aromatic carbocycles. The maximum absolute atomic E-state index is 11.8. The minimum atomic E-state index is 0.0834. The summed E-state index contributed by atoms with van der Waals surface area (Å²) in [5.41, 5.74) is 0.283. The van der Waals surface area contributed by atoms with Gasteiger partial charge in [-0.1, -0.05) is 25.7 Å². The average molecular weight is 366 g/mol. The third-order valence-corrected chi connectivity index (χ3v) is 5.71. The number of piperidine rings is 1. The lowest BCUT2D eigenvalue weighted by molar-refractivity contribution is -0.121. The van der Waals surface area contributed by atoms with Crippen LogP contribution in [0.1, 0.15) is 71.6 Å². The van der Waals surface area contributed by atoms with Gasteiger partial charge < -0.3 is 16.0 Å². The Morgan fingerprint density at radius 2 is 1.69 bits per heavy atom. The minimum Gasteiger partial charge on any atom is -0.356 e. The van der Waals surface area contributed by atoms with Crippen molar-refractivity contribution in [3.8, 4) is 0 Å². The van der Waals surface area contributed by atoms with E-state index < -0.39 is 0 Å². The smallest absolute Gasteiger partial charge is 0.221 e. The third kappa shape index (κ3) is 6.45. The summed E-state index contributed by atoms with van der Waals surface area (Å²) in [5.74, 6) is 0.893. The van der Waals surface area contributed by atoms with Crippen molar-refractivity contribution in [3.05, 3.63) is 0 Å². The van der Waals surface area contributed by atoms with E-state index >= 15 is 0 Å². The highest BCUT2D eigenvalue weighted by Crippen LogP contribution is 2.35. The molecule has 1 aliphatic heterocycles. The van der Waals surface area contributed by atoms with Crippen LogP contribution in [0.25, 0.3) is 0 Å². The summed E-state index contributed by atoms with van der Waals surface area (Å²) in [6, 6.07) is 0.190. The number of likely N-dealkylation sites (tertiary alicyclic amines) is 1. The lowest BCUT2D eigenvalue weighted by atomic mass is 9.79. The van der Waals surface area contributed by atoms with Gasteiger partial charge in [-0.05, 0) is 52.6 Å². The summed E-state index contributed by atoms with van der Waals surface area (Å²) in [4.78, 5) is 18.9. The molecule has 6 heteroatoms. The number of rotatable bonds is 7. The van der Waals surface area contributed by atoms with Crippen molar-refractivity contribution in [3.63, 3.8) is 0 Å². The zero-order valence-electron chi connectivity index (χ0n) is 17.1. The topological polar surface area (TPSA) is 68.8 Å². The molecule has 6 nitrogen and oxygen atoms in total. The maximum atomic E-state index is 11.8. The van der Waals surface area contributed by atoms with Gasteiger partial charge in [0, 0.05) is 38.1 Å². The van der Waals surface area contributed by atoms with Gasteiger partial charge in [0.2, 0.25) is 5.91 Å². The Labute approximate surface area is 159 Å². The Kier molecular flexibility index (Phi) is 8.69. The molecule has 0 atom stereocenters. The molecule has 26 heavy (non-hydrogen) atoms. The van der Waals surface area contributed by atoms with E-state index in [-0.39, 0.29) is 17.5 Å². The van der Waals surface area contributed by atoms with Crippen molar-refractivity contribution in [1.29, 1.82) is 0 Å². The average Bonchev–Trinajstić information content (AvgIpc) is 2.65. The number of nitrogens with one attached hydrogen (secondary N) is 3. The van der Waals surface area contributed by atoms with E-state index in [4.69, 9.17) is 0 Å². The Bertz CT molecular complexity index is 451. The molecular weight excluding hydrogens is 326 g/mol. The molecule has 1 saturated carbocycles. The number of hydrogen-bond donors (Lipinski definition) is 3. The summed E-state index contributed by atoms with van der Waals surface area (Å²) < 4.78 is 0. The predicted octanol–water partition coefficient (Wildman–Crippen LogP) is 2.25. The zero-order chi connectivity index (χ0) is 18.8. The highest BCUT2D eigenvalue weighted by molar-refractivity contribution is 5.81. The van der Waals surface area contributed by atoms with E-state index in [1.165, 1.54) is 64.5 Å². The van der Waals surface area contributed by atoms with Crippen LogP contribution in [0.2, 0.25) is 0 Å². The molecule has 0 aromatic rings. The molecule has 1 amide bonds. The highest BCUT2D eigenvalue weighted by atomic mass is 16.1. The minimum absolute atomic E-state index is 0.0834. The van der Waals surface area contributed by atoms with Crippen molar-refractivity contribution in [1.82, 2.24) is 20.9 Å². The second kappa shape index (κ2) is 10.8. The van der Waals surface area contributed by atoms with Crippen LogP contribution in [0, 0.1) is 0 Å². The molecule has 0 radical (unpaired) electrons. The van der Waals surface area contributed by atoms with Gasteiger partial charge in [0.25, 0.3) is 0 Å². The van der Waals surface area contributed by atoms with Crippen LogP contribution in [0.4, 0.5) is 0 Å². The quantitative estimate of drug-likeness (QED) is 0.478. The molecular formula is C20H39N5O. The Hall–Kier alpha value is -1.30. The lowest BCUT2D eigenvalue weighted by Crippen LogP contribution is -2.59. The van der Waals surface area contributed by atoms with Crippen LogP contribution < -0.4 is 16.0 Å². The summed E-state index contributed by atoms with van der Waals surface area (Å²) in [6.07, 6.45) is 11.1. The molecule has 1 aliphatic carbocycles. The van der Waals surface area contributed by atoms with E-state index in [1.807, 2.05) is 13.8 Å². The molecule has 2 rings (SSSR count). The SMILES string of the molecule is CN=C(NCCC(=O)NC(C)C)NCC1(N2CCCCC2)CCCCC1. The molecule has 1 heterocycles. The molecule has 1 saturated heterocycles. The van der Waals surface area contributed by atoms with Crippen molar-refractivity contribution < 1.29 is 4.79 Å². The van der Waals surface area contributed by atoms with E-state index in [0.29, 0.717) is 13.0 Å². The second-order valence-corrected chi connectivity index (χ2v) is 8.16. The van der Waals surface area contributed by atoms with Gasteiger partial charge in [-0.15, -0.1) is 0 Å². The predicted molar refractivity (Wildman–Crippen MR) is 109 cm³/mol. The summed E-state index contributed by atoms with van der Waals surface area (Å²) in [5, 5.41) is 9.77. The lowest BCUT2D eigenvalue weighted by Gasteiger charge is -2.48. The van der Waals surface area contributed by atoms with Crippen molar-refractivity contribution in [2.45, 2.75) is 83.2 Å². The molecule has 0 spiro atoms. The number of guanidine groups is 1. The van der Waals surface area contributed by atoms with Crippen LogP contribution in [-0.4, -0.2) is 61.6 Å². The van der Waals surface area contributed by atoms with Crippen molar-refractivity contribution in [2.24, 2.45) is 4.99 Å². The standard InChI is InChI=1S/C20H39N5O/c1-17(2)24-18(26)10-13-22-19(21-3)23-16-20(11-6-4-7-12-20)25-14-8-5-9-15-25/h17H,4-16H2,1-3H3,(H,24,26)(H2,21,22,23). The third-order valence-electron chi connectivity index (χ3n) is 5.71. The van der Waals surface area contributed by atoms with Crippen LogP contribution in [0.5, 0.6) is 0 Å². The zero-order valence-corrected chi connectivity index (χ0v) is 17.1. The molecule has 0 unspecified atom stereocenters. The van der Waals surface area contributed by atoms with E-state index in [9.17, 15) is 4.79 Å². The highest BCUT2D eigenvalue weighted by Gasteiger charge is 2.38. The van der Waals surface area contributed by atoms with Gasteiger partial charge in [0.15, 0.2) is 5.96 Å². The van der Waals surface area contributed by atoms with Gasteiger partial charge in [-0.3, -0.25) is 14.7 Å². The van der Waals surface area contributed by atoms with E-state index in [1.54, 1.807) is 7.05 Å². The van der Waals surface area contributed by atoms with Gasteiger partial charge in [-0.25, -0.2) is 0 Å². The molecule has 3 N–H and O–H groups in total. The Balaban J connectivity index is 1.82. The number of carbonyl (C=O) groups excluding carboxylic acids is 1. The fraction of sp³-hybridized carbons (Fsp3) is 0.900. The molecule has 2 aliphatic rings. The van der Waals surface area contributed by atoms with Gasteiger partial charge >= 0.3 is 0 Å². The summed E-state index contributed by atoms with van der Waals surface area (Å²) in [7, 11) is 1.80. The van der Waals surface area contributed by atoms with E-state index in [2.05, 4.69) is 25.8 Å². The second-order valence-electron chi connectivity index (χ2n) is 8.16. The Morgan fingerprint density at radius 3 is 2.31 bits per heavy atom. The van der Waals surface area contributed by atoms with Crippen molar-refractivity contribution >= 4 is 11.9 Å². The first kappa shape index (κ1) is 21.0. The first-order chi connectivity index (χ1) is 12.6. The molecule has 0 bridgehead atoms. The van der Waals surface area contributed by atoms with E-state index in [0.717, 1.165) is 12.5 Å². The van der Waals surface area contributed by atoms with Crippen molar-refractivity contribution in [2.75, 3.05) is 33.2 Å². The largest absolute Gasteiger partial charge is 0.356 e. The molecule has 150 valence electrons. The maximum Gasteiger partial charge on any atom is 0.221 e. The molecule has 0 aromatic heterocycles. The van der Waals surface area contributed by atoms with Crippen LogP contribution in [0.15, 0.2) is 4.99 Å². The number of carbonyl (C=O) groups is 1. The van der Waals surface area contributed by atoms with Gasteiger partial charge in [0.1, 0.15) is 0 Å². The number of aliphatic imine (C=N–C) groups is 1. The summed E-state index contributed by atoms with van der Waals surface area (Å²) in [6.45, 7) is 8.00. The molecule has 2 fully saturated rings. The van der Waals surface area contributed by atoms with Crippen LogP contribution in [-0.2, 0) is 4.79 Å². The number of hydrogen-bond acceptors (Lipinski definition) is 3. The monoisotopic (exact) mass is 365 g/mol. The van der Waals surface area contributed by atoms with Crippen LogP contribution >= 0.6 is 0 Å².